The molecule has 1 saturated carbocycles. The number of hydrogen-bond acceptors (Lipinski definition) is 1. The van der Waals surface area contributed by atoms with Gasteiger partial charge in [-0.1, -0.05) is 25.3 Å². The van der Waals surface area contributed by atoms with Crippen LogP contribution in [0.25, 0.3) is 11.0 Å². The molecule has 0 aliphatic heterocycles. The summed E-state index contributed by atoms with van der Waals surface area (Å²) >= 11 is 5.41. The summed E-state index contributed by atoms with van der Waals surface area (Å²) in [5.74, 6) is 0.937. The summed E-state index contributed by atoms with van der Waals surface area (Å²) < 4.78 is 3.13. The molecule has 2 nitrogen and oxygen atoms in total. The molecular formula is C14H18N2S. The third kappa shape index (κ3) is 2.04. The lowest BCUT2D eigenvalue weighted by atomic mass is 9.83. The molecule has 1 aliphatic rings. The summed E-state index contributed by atoms with van der Waals surface area (Å²) in [7, 11) is 0. The fraction of sp³-hybridized carbons (Fsp3) is 0.500. The maximum absolute atomic E-state index is 5.41. The van der Waals surface area contributed by atoms with Crippen molar-refractivity contribution in [3.8, 4) is 0 Å². The second kappa shape index (κ2) is 4.30. The quantitative estimate of drug-likeness (QED) is 0.805. The topological polar surface area (TPSA) is 20.7 Å². The highest BCUT2D eigenvalue weighted by molar-refractivity contribution is 7.71. The van der Waals surface area contributed by atoms with E-state index in [0.29, 0.717) is 0 Å². The molecule has 0 bridgehead atoms. The Balaban J connectivity index is 1.93. The molecule has 1 heterocycles. The van der Waals surface area contributed by atoms with Gasteiger partial charge < -0.3 is 9.55 Å². The van der Waals surface area contributed by atoms with Gasteiger partial charge in [0.2, 0.25) is 0 Å². The fourth-order valence-corrected chi connectivity index (χ4v) is 2.88. The van der Waals surface area contributed by atoms with E-state index in [0.717, 1.165) is 22.8 Å². The molecule has 0 radical (unpaired) electrons. The molecule has 0 unspecified atom stereocenters. The van der Waals surface area contributed by atoms with Crippen LogP contribution in [0.1, 0.15) is 31.2 Å². The van der Waals surface area contributed by atoms with E-state index in [1.807, 2.05) is 0 Å². The van der Waals surface area contributed by atoms with Crippen LogP contribution in [0.4, 0.5) is 0 Å². The molecule has 1 fully saturated rings. The molecule has 0 amide bonds. The van der Waals surface area contributed by atoms with Crippen LogP contribution in [0.15, 0.2) is 18.2 Å². The third-order valence-electron chi connectivity index (χ3n) is 3.92. The van der Waals surface area contributed by atoms with Crippen molar-refractivity contribution >= 4 is 23.3 Å². The average molecular weight is 246 g/mol. The monoisotopic (exact) mass is 246 g/mol. The summed E-state index contributed by atoms with van der Waals surface area (Å²) in [5, 5.41) is 0. The van der Waals surface area contributed by atoms with Crippen LogP contribution in [0.2, 0.25) is 0 Å². The highest BCUT2D eigenvalue weighted by Gasteiger charge is 2.17. The number of hydrogen-bond donors (Lipinski definition) is 1. The number of aryl methyl sites for hydroxylation is 2. The highest BCUT2D eigenvalue weighted by Crippen LogP contribution is 2.30. The van der Waals surface area contributed by atoms with Gasteiger partial charge in [-0.2, -0.15) is 0 Å². The molecule has 17 heavy (non-hydrogen) atoms. The van der Waals surface area contributed by atoms with Crippen molar-refractivity contribution in [2.24, 2.45) is 5.92 Å². The van der Waals surface area contributed by atoms with Crippen LogP contribution in [-0.2, 0) is 6.54 Å². The SMILES string of the molecule is Cc1ccc2[nH]c(=S)n(CCC3CCC3)c2c1. The van der Waals surface area contributed by atoms with Crippen molar-refractivity contribution < 1.29 is 0 Å². The normalized spacial score (nSPS) is 16.3. The predicted molar refractivity (Wildman–Crippen MR) is 73.8 cm³/mol. The molecule has 0 atom stereocenters. The van der Waals surface area contributed by atoms with Gasteiger partial charge in [0.05, 0.1) is 11.0 Å². The first kappa shape index (κ1) is 11.0. The molecular weight excluding hydrogens is 228 g/mol. The van der Waals surface area contributed by atoms with Gasteiger partial charge in [-0.15, -0.1) is 0 Å². The molecule has 0 saturated heterocycles. The molecule has 3 rings (SSSR count). The minimum absolute atomic E-state index is 0.866. The van der Waals surface area contributed by atoms with E-state index in [9.17, 15) is 0 Å². The summed E-state index contributed by atoms with van der Waals surface area (Å²) in [5.41, 5.74) is 3.72. The van der Waals surface area contributed by atoms with E-state index < -0.39 is 0 Å². The number of benzene rings is 1. The molecule has 90 valence electrons. The highest BCUT2D eigenvalue weighted by atomic mass is 32.1. The zero-order valence-electron chi connectivity index (χ0n) is 10.2. The van der Waals surface area contributed by atoms with Crippen LogP contribution in [-0.4, -0.2) is 9.55 Å². The lowest BCUT2D eigenvalue weighted by molar-refractivity contribution is 0.283. The van der Waals surface area contributed by atoms with E-state index >= 15 is 0 Å². The van der Waals surface area contributed by atoms with Gasteiger partial charge in [-0.25, -0.2) is 0 Å². The average Bonchev–Trinajstić information content (AvgIpc) is 2.53. The standard InChI is InChI=1S/C14H18N2S/c1-10-5-6-12-13(9-10)16(14(17)15-12)8-7-11-3-2-4-11/h5-6,9,11H,2-4,7-8H2,1H3,(H,15,17). The second-order valence-electron chi connectivity index (χ2n) is 5.19. The summed E-state index contributed by atoms with van der Waals surface area (Å²) in [4.78, 5) is 3.29. The molecule has 2 aromatic rings. The number of fused-ring (bicyclic) bond motifs is 1. The summed E-state index contributed by atoms with van der Waals surface area (Å²) in [6, 6.07) is 6.48. The molecule has 1 aromatic heterocycles. The van der Waals surface area contributed by atoms with Crippen molar-refractivity contribution in [2.45, 2.75) is 39.2 Å². The number of nitrogens with one attached hydrogen (secondary N) is 1. The Morgan fingerprint density at radius 1 is 1.41 bits per heavy atom. The van der Waals surface area contributed by atoms with Crippen molar-refractivity contribution in [3.05, 3.63) is 28.5 Å². The predicted octanol–water partition coefficient (Wildman–Crippen LogP) is 4.20. The van der Waals surface area contributed by atoms with Gasteiger partial charge in [0, 0.05) is 6.54 Å². The van der Waals surface area contributed by atoms with Crippen LogP contribution in [0.5, 0.6) is 0 Å². The van der Waals surface area contributed by atoms with Crippen LogP contribution >= 0.6 is 12.2 Å². The van der Waals surface area contributed by atoms with E-state index in [4.69, 9.17) is 12.2 Å². The van der Waals surface area contributed by atoms with E-state index in [2.05, 4.69) is 34.7 Å². The molecule has 1 aliphatic carbocycles. The minimum atomic E-state index is 0.866. The first-order valence-corrected chi connectivity index (χ1v) is 6.84. The first-order valence-electron chi connectivity index (χ1n) is 6.43. The van der Waals surface area contributed by atoms with E-state index in [-0.39, 0.29) is 0 Å². The molecule has 3 heteroatoms. The van der Waals surface area contributed by atoms with Gasteiger partial charge >= 0.3 is 0 Å². The van der Waals surface area contributed by atoms with Gasteiger partial charge in [0.25, 0.3) is 0 Å². The lowest BCUT2D eigenvalue weighted by Crippen LogP contribution is -2.13. The summed E-state index contributed by atoms with van der Waals surface area (Å²) in [6.07, 6.45) is 5.52. The van der Waals surface area contributed by atoms with E-state index in [1.54, 1.807) is 0 Å². The van der Waals surface area contributed by atoms with Crippen LogP contribution in [0.3, 0.4) is 0 Å². The lowest BCUT2D eigenvalue weighted by Gasteiger charge is -2.25. The smallest absolute Gasteiger partial charge is 0.178 e. The molecule has 0 spiro atoms. The third-order valence-corrected chi connectivity index (χ3v) is 4.24. The maximum Gasteiger partial charge on any atom is 0.178 e. The number of rotatable bonds is 3. The van der Waals surface area contributed by atoms with Crippen LogP contribution < -0.4 is 0 Å². The second-order valence-corrected chi connectivity index (χ2v) is 5.57. The van der Waals surface area contributed by atoms with Gasteiger partial charge in [0.15, 0.2) is 4.77 Å². The Labute approximate surface area is 107 Å². The van der Waals surface area contributed by atoms with Crippen LogP contribution in [0, 0.1) is 17.6 Å². The maximum atomic E-state index is 5.41. The largest absolute Gasteiger partial charge is 0.331 e. The minimum Gasteiger partial charge on any atom is -0.331 e. The van der Waals surface area contributed by atoms with E-state index in [1.165, 1.54) is 36.8 Å². The Hall–Kier alpha value is -1.09. The Bertz CT molecular complexity index is 590. The number of aromatic amines is 1. The number of imidazole rings is 1. The number of H-pyrrole nitrogens is 1. The number of aromatic nitrogens is 2. The van der Waals surface area contributed by atoms with Crippen molar-refractivity contribution in [2.75, 3.05) is 0 Å². The zero-order valence-corrected chi connectivity index (χ0v) is 11.0. The Morgan fingerprint density at radius 2 is 2.24 bits per heavy atom. The van der Waals surface area contributed by atoms with Gasteiger partial charge in [-0.05, 0) is 49.2 Å². The Morgan fingerprint density at radius 3 is 2.94 bits per heavy atom. The first-order chi connectivity index (χ1) is 8.24. The van der Waals surface area contributed by atoms with Crippen molar-refractivity contribution in [3.63, 3.8) is 0 Å². The number of nitrogens with zero attached hydrogens (tertiary/aromatic N) is 1. The fourth-order valence-electron chi connectivity index (χ4n) is 2.58. The van der Waals surface area contributed by atoms with Crippen molar-refractivity contribution in [1.29, 1.82) is 0 Å². The summed E-state index contributed by atoms with van der Waals surface area (Å²) in [6.45, 7) is 3.19. The molecule has 1 aromatic carbocycles. The molecule has 1 N–H and O–H groups in total. The van der Waals surface area contributed by atoms with Gasteiger partial charge in [0.1, 0.15) is 0 Å². The van der Waals surface area contributed by atoms with Gasteiger partial charge in [-0.3, -0.25) is 0 Å². The zero-order chi connectivity index (χ0) is 11.8. The Kier molecular flexibility index (Phi) is 2.79. The van der Waals surface area contributed by atoms with Crippen molar-refractivity contribution in [1.82, 2.24) is 9.55 Å².